The van der Waals surface area contributed by atoms with Crippen LogP contribution in [0, 0.1) is 0 Å². The van der Waals surface area contributed by atoms with Gasteiger partial charge in [-0.1, -0.05) is 15.9 Å². The summed E-state index contributed by atoms with van der Waals surface area (Å²) < 4.78 is 10.6. The molecule has 0 aromatic carbocycles. The van der Waals surface area contributed by atoms with E-state index in [1.54, 1.807) is 26.5 Å². The molecule has 1 unspecified atom stereocenters. The maximum Gasteiger partial charge on any atom is 0.183 e. The van der Waals surface area contributed by atoms with Crippen LogP contribution in [0.4, 0.5) is 0 Å². The minimum Gasteiger partial charge on any atom is -0.493 e. The van der Waals surface area contributed by atoms with Gasteiger partial charge in [-0.25, -0.2) is 0 Å². The Balaban J connectivity index is 2.70. The van der Waals surface area contributed by atoms with Gasteiger partial charge in [0.15, 0.2) is 11.5 Å². The number of aromatic nitrogens is 1. The summed E-state index contributed by atoms with van der Waals surface area (Å²) in [7, 11) is 3.26. The van der Waals surface area contributed by atoms with Crippen molar-refractivity contribution in [3.63, 3.8) is 0 Å². The van der Waals surface area contributed by atoms with Gasteiger partial charge in [0.25, 0.3) is 0 Å². The molecule has 0 saturated carbocycles. The number of alkyl halides is 1. The van der Waals surface area contributed by atoms with Crippen molar-refractivity contribution >= 4 is 15.9 Å². The van der Waals surface area contributed by atoms with Gasteiger partial charge in [-0.05, 0) is 13.3 Å². The predicted molar refractivity (Wildman–Crippen MR) is 72.1 cm³/mol. The molecule has 0 aliphatic heterocycles. The number of methoxy groups -OCH3 is 2. The third kappa shape index (κ3) is 4.16. The van der Waals surface area contributed by atoms with Gasteiger partial charge in [0, 0.05) is 30.2 Å². The zero-order valence-electron chi connectivity index (χ0n) is 10.5. The maximum absolute atomic E-state index is 5.32. The van der Waals surface area contributed by atoms with Crippen molar-refractivity contribution in [2.75, 3.05) is 19.5 Å². The highest BCUT2D eigenvalue weighted by atomic mass is 79.9. The lowest BCUT2D eigenvalue weighted by Gasteiger charge is -2.15. The first-order valence-corrected chi connectivity index (χ1v) is 6.70. The molecule has 1 heterocycles. The second-order valence-corrected chi connectivity index (χ2v) is 4.55. The standard InChI is InChI=1S/C12H19BrN2O2/c1-9(4-6-13)15-8-10-12(17-3)11(16-2)5-7-14-10/h5,7,9,15H,4,6,8H2,1-3H3. The summed E-state index contributed by atoms with van der Waals surface area (Å²) in [5, 5.41) is 4.39. The zero-order valence-corrected chi connectivity index (χ0v) is 12.1. The Labute approximate surface area is 111 Å². The van der Waals surface area contributed by atoms with Crippen molar-refractivity contribution in [2.45, 2.75) is 25.9 Å². The molecule has 96 valence electrons. The lowest BCUT2D eigenvalue weighted by Crippen LogP contribution is -2.26. The molecular weight excluding hydrogens is 284 g/mol. The van der Waals surface area contributed by atoms with E-state index < -0.39 is 0 Å². The summed E-state index contributed by atoms with van der Waals surface area (Å²) in [6, 6.07) is 2.23. The summed E-state index contributed by atoms with van der Waals surface area (Å²) in [6.45, 7) is 2.82. The molecule has 1 aromatic rings. The highest BCUT2D eigenvalue weighted by molar-refractivity contribution is 9.09. The van der Waals surface area contributed by atoms with E-state index in [1.165, 1.54) is 0 Å². The number of rotatable bonds is 7. The molecule has 0 aliphatic rings. The number of hydrogen-bond acceptors (Lipinski definition) is 4. The van der Waals surface area contributed by atoms with Crippen molar-refractivity contribution in [1.29, 1.82) is 0 Å². The van der Waals surface area contributed by atoms with E-state index in [0.29, 0.717) is 24.1 Å². The lowest BCUT2D eigenvalue weighted by molar-refractivity contribution is 0.347. The van der Waals surface area contributed by atoms with Crippen LogP contribution in [0.3, 0.4) is 0 Å². The molecule has 5 heteroatoms. The molecular formula is C12H19BrN2O2. The molecule has 1 atom stereocenters. The number of halogens is 1. The van der Waals surface area contributed by atoms with Crippen LogP contribution in [0.1, 0.15) is 19.0 Å². The Hall–Kier alpha value is -0.810. The van der Waals surface area contributed by atoms with Crippen molar-refractivity contribution < 1.29 is 9.47 Å². The summed E-state index contributed by atoms with van der Waals surface area (Å²) >= 11 is 3.43. The maximum atomic E-state index is 5.32. The average Bonchev–Trinajstić information content (AvgIpc) is 2.36. The number of hydrogen-bond donors (Lipinski definition) is 1. The fraction of sp³-hybridized carbons (Fsp3) is 0.583. The van der Waals surface area contributed by atoms with Gasteiger partial charge in [-0.2, -0.15) is 0 Å². The molecule has 1 rings (SSSR count). The minimum atomic E-state index is 0.437. The van der Waals surface area contributed by atoms with Crippen LogP contribution < -0.4 is 14.8 Å². The second kappa shape index (κ2) is 7.50. The van der Waals surface area contributed by atoms with Gasteiger partial charge in [0.1, 0.15) is 0 Å². The number of nitrogens with zero attached hydrogens (tertiary/aromatic N) is 1. The van der Waals surface area contributed by atoms with Gasteiger partial charge in [-0.15, -0.1) is 0 Å². The van der Waals surface area contributed by atoms with Gasteiger partial charge in [-0.3, -0.25) is 4.98 Å². The summed E-state index contributed by atoms with van der Waals surface area (Å²) in [6.07, 6.45) is 2.81. The molecule has 1 aromatic heterocycles. The summed E-state index contributed by atoms with van der Waals surface area (Å²) in [5.41, 5.74) is 0.869. The van der Waals surface area contributed by atoms with Crippen LogP contribution in [-0.2, 0) is 6.54 Å². The van der Waals surface area contributed by atoms with Crippen LogP contribution >= 0.6 is 15.9 Å². The van der Waals surface area contributed by atoms with Crippen LogP contribution in [0.25, 0.3) is 0 Å². The van der Waals surface area contributed by atoms with E-state index in [9.17, 15) is 0 Å². The third-order valence-corrected chi connectivity index (χ3v) is 2.98. The molecule has 0 saturated heterocycles. The highest BCUT2D eigenvalue weighted by Gasteiger charge is 2.11. The normalized spacial score (nSPS) is 12.2. The second-order valence-electron chi connectivity index (χ2n) is 3.75. The lowest BCUT2D eigenvalue weighted by atomic mass is 10.2. The minimum absolute atomic E-state index is 0.437. The average molecular weight is 303 g/mol. The molecule has 0 fully saturated rings. The van der Waals surface area contributed by atoms with E-state index in [-0.39, 0.29) is 0 Å². The number of nitrogens with one attached hydrogen (secondary N) is 1. The Morgan fingerprint density at radius 2 is 2.18 bits per heavy atom. The van der Waals surface area contributed by atoms with Crippen molar-refractivity contribution in [3.8, 4) is 11.5 Å². The number of pyridine rings is 1. The van der Waals surface area contributed by atoms with Crippen LogP contribution in [0.15, 0.2) is 12.3 Å². The summed E-state index contributed by atoms with van der Waals surface area (Å²) in [5.74, 6) is 1.42. The van der Waals surface area contributed by atoms with E-state index in [2.05, 4.69) is 33.2 Å². The summed E-state index contributed by atoms with van der Waals surface area (Å²) in [4.78, 5) is 4.31. The topological polar surface area (TPSA) is 43.4 Å². The van der Waals surface area contributed by atoms with Crippen molar-refractivity contribution in [1.82, 2.24) is 10.3 Å². The Morgan fingerprint density at radius 3 is 2.76 bits per heavy atom. The predicted octanol–water partition coefficient (Wildman–Crippen LogP) is 2.36. The fourth-order valence-electron chi connectivity index (χ4n) is 1.51. The first-order valence-electron chi connectivity index (χ1n) is 5.58. The van der Waals surface area contributed by atoms with Crippen molar-refractivity contribution in [2.24, 2.45) is 0 Å². The molecule has 0 bridgehead atoms. The molecule has 0 spiro atoms. The zero-order chi connectivity index (χ0) is 12.7. The molecule has 17 heavy (non-hydrogen) atoms. The molecule has 0 aliphatic carbocycles. The van der Waals surface area contributed by atoms with Gasteiger partial charge in [0.2, 0.25) is 0 Å². The largest absolute Gasteiger partial charge is 0.493 e. The highest BCUT2D eigenvalue weighted by Crippen LogP contribution is 2.28. The molecule has 0 amide bonds. The molecule has 4 nitrogen and oxygen atoms in total. The third-order valence-electron chi connectivity index (χ3n) is 2.53. The Kier molecular flexibility index (Phi) is 6.29. The van der Waals surface area contributed by atoms with Gasteiger partial charge in [0.05, 0.1) is 19.9 Å². The van der Waals surface area contributed by atoms with Gasteiger partial charge < -0.3 is 14.8 Å². The monoisotopic (exact) mass is 302 g/mol. The van der Waals surface area contributed by atoms with E-state index in [4.69, 9.17) is 9.47 Å². The first-order chi connectivity index (χ1) is 8.22. The van der Waals surface area contributed by atoms with E-state index in [1.807, 2.05) is 0 Å². The van der Waals surface area contributed by atoms with Crippen LogP contribution in [-0.4, -0.2) is 30.6 Å². The fourth-order valence-corrected chi connectivity index (χ4v) is 2.20. The molecule has 1 N–H and O–H groups in total. The quantitative estimate of drug-likeness (QED) is 0.785. The Bertz CT molecular complexity index is 347. The van der Waals surface area contributed by atoms with E-state index in [0.717, 1.165) is 17.4 Å². The molecule has 0 radical (unpaired) electrons. The first kappa shape index (κ1) is 14.3. The number of ether oxygens (including phenoxy) is 2. The van der Waals surface area contributed by atoms with Crippen molar-refractivity contribution in [3.05, 3.63) is 18.0 Å². The van der Waals surface area contributed by atoms with Crippen LogP contribution in [0.5, 0.6) is 11.5 Å². The smallest absolute Gasteiger partial charge is 0.183 e. The van der Waals surface area contributed by atoms with E-state index >= 15 is 0 Å². The van der Waals surface area contributed by atoms with Crippen LogP contribution in [0.2, 0.25) is 0 Å². The SMILES string of the molecule is COc1ccnc(CNC(C)CCBr)c1OC. The van der Waals surface area contributed by atoms with Gasteiger partial charge >= 0.3 is 0 Å². The Morgan fingerprint density at radius 1 is 1.41 bits per heavy atom.